The fourth-order valence-electron chi connectivity index (χ4n) is 0.862. The third-order valence-corrected chi connectivity index (χ3v) is 1.69. The zero-order valence-electron chi connectivity index (χ0n) is 7.99. The molecule has 0 bridgehead atoms. The van der Waals surface area contributed by atoms with Gasteiger partial charge in [-0.2, -0.15) is 0 Å². The number of halogens is 1. The van der Waals surface area contributed by atoms with E-state index in [4.69, 9.17) is 16.4 Å². The van der Waals surface area contributed by atoms with E-state index < -0.39 is 4.92 Å². The molecular formula is C9H9ClN2O3. The van der Waals surface area contributed by atoms with Crippen molar-refractivity contribution in [1.82, 2.24) is 5.48 Å². The van der Waals surface area contributed by atoms with Gasteiger partial charge in [0.15, 0.2) is 0 Å². The number of nitrogens with zero attached hydrogens (tertiary/aromatic N) is 1. The van der Waals surface area contributed by atoms with Gasteiger partial charge in [-0.05, 0) is 19.1 Å². The fourth-order valence-corrected chi connectivity index (χ4v) is 1.03. The number of benzene rings is 1. The maximum atomic E-state index is 10.6. The Morgan fingerprint density at radius 1 is 1.67 bits per heavy atom. The predicted molar refractivity (Wildman–Crippen MR) is 56.7 cm³/mol. The highest BCUT2D eigenvalue weighted by Crippen LogP contribution is 2.29. The molecule has 0 amide bonds. The second-order valence-corrected chi connectivity index (χ2v) is 3.29. The minimum Gasteiger partial charge on any atom is -0.375 e. The Hall–Kier alpha value is -1.75. The van der Waals surface area contributed by atoms with Gasteiger partial charge in [0, 0.05) is 16.8 Å². The number of hydroxylamine groups is 1. The number of allylic oxidation sites excluding steroid dienone is 1. The molecule has 80 valence electrons. The van der Waals surface area contributed by atoms with E-state index >= 15 is 0 Å². The molecule has 1 aromatic carbocycles. The minimum atomic E-state index is -0.568. The molecule has 1 rings (SSSR count). The molecule has 1 N–H and O–H groups in total. The van der Waals surface area contributed by atoms with Crippen LogP contribution in [-0.4, -0.2) is 4.92 Å². The van der Waals surface area contributed by atoms with Gasteiger partial charge in [-0.15, -0.1) is 0 Å². The van der Waals surface area contributed by atoms with Crippen molar-refractivity contribution >= 4 is 17.3 Å². The van der Waals surface area contributed by atoms with E-state index in [0.29, 0.717) is 5.70 Å². The number of nitrogens with one attached hydrogen (secondary N) is 1. The van der Waals surface area contributed by atoms with Gasteiger partial charge in [-0.3, -0.25) is 10.1 Å². The molecule has 0 aliphatic carbocycles. The molecule has 5 nitrogen and oxygen atoms in total. The predicted octanol–water partition coefficient (Wildman–Crippen LogP) is 2.67. The largest absolute Gasteiger partial charge is 0.375 e. The Morgan fingerprint density at radius 2 is 2.33 bits per heavy atom. The van der Waals surface area contributed by atoms with Crippen LogP contribution in [0.1, 0.15) is 6.92 Å². The van der Waals surface area contributed by atoms with Crippen LogP contribution in [0.15, 0.2) is 30.5 Å². The van der Waals surface area contributed by atoms with Gasteiger partial charge in [-0.25, -0.2) is 5.48 Å². The number of nitro benzene ring substituents is 1. The molecule has 0 heterocycles. The Morgan fingerprint density at radius 3 is 2.87 bits per heavy atom. The standard InChI is InChI=1S/C9H9ClN2O3/c1-6(2)11-15-9-4-3-7(10)5-8(9)12(13)14/h3-5,11H,1H2,2H3. The van der Waals surface area contributed by atoms with Crippen LogP contribution in [0.4, 0.5) is 5.69 Å². The highest BCUT2D eigenvalue weighted by Gasteiger charge is 2.15. The van der Waals surface area contributed by atoms with Crippen molar-refractivity contribution in [2.45, 2.75) is 6.92 Å². The van der Waals surface area contributed by atoms with E-state index in [1.807, 2.05) is 0 Å². The van der Waals surface area contributed by atoms with Crippen molar-refractivity contribution in [1.29, 1.82) is 0 Å². The monoisotopic (exact) mass is 228 g/mol. The summed E-state index contributed by atoms with van der Waals surface area (Å²) >= 11 is 5.63. The van der Waals surface area contributed by atoms with Crippen molar-refractivity contribution in [3.63, 3.8) is 0 Å². The number of hydrogen-bond acceptors (Lipinski definition) is 4. The van der Waals surface area contributed by atoms with Gasteiger partial charge in [0.05, 0.1) is 4.92 Å². The van der Waals surface area contributed by atoms with Crippen LogP contribution in [0.3, 0.4) is 0 Å². The highest BCUT2D eigenvalue weighted by molar-refractivity contribution is 6.30. The van der Waals surface area contributed by atoms with Crippen molar-refractivity contribution in [2.75, 3.05) is 0 Å². The molecule has 0 atom stereocenters. The van der Waals surface area contributed by atoms with E-state index in [1.54, 1.807) is 6.92 Å². The first kappa shape index (κ1) is 11.3. The summed E-state index contributed by atoms with van der Waals surface area (Å²) < 4.78 is 0. The quantitative estimate of drug-likeness (QED) is 0.636. The summed E-state index contributed by atoms with van der Waals surface area (Å²) in [7, 11) is 0. The van der Waals surface area contributed by atoms with Crippen LogP contribution in [0.2, 0.25) is 5.02 Å². The second kappa shape index (κ2) is 4.65. The van der Waals surface area contributed by atoms with Gasteiger partial charge in [-0.1, -0.05) is 18.2 Å². The molecule has 1 aromatic rings. The molecule has 0 aromatic heterocycles. The van der Waals surface area contributed by atoms with Crippen LogP contribution in [0.5, 0.6) is 5.75 Å². The summed E-state index contributed by atoms with van der Waals surface area (Å²) in [6.45, 7) is 5.20. The average molecular weight is 229 g/mol. The zero-order chi connectivity index (χ0) is 11.4. The van der Waals surface area contributed by atoms with Gasteiger partial charge in [0.2, 0.25) is 5.75 Å². The van der Waals surface area contributed by atoms with E-state index in [0.717, 1.165) is 0 Å². The summed E-state index contributed by atoms with van der Waals surface area (Å²) in [6, 6.07) is 4.14. The molecule has 0 unspecified atom stereocenters. The molecule has 6 heteroatoms. The van der Waals surface area contributed by atoms with Gasteiger partial charge in [0.1, 0.15) is 0 Å². The molecule has 0 radical (unpaired) electrons. The number of rotatable bonds is 4. The SMILES string of the molecule is C=C(C)NOc1ccc(Cl)cc1[N+](=O)[O-]. The lowest BCUT2D eigenvalue weighted by atomic mass is 10.3. The van der Waals surface area contributed by atoms with Crippen LogP contribution < -0.4 is 10.3 Å². The Balaban J connectivity index is 2.95. The van der Waals surface area contributed by atoms with Crippen LogP contribution in [0, 0.1) is 10.1 Å². The second-order valence-electron chi connectivity index (χ2n) is 2.85. The van der Waals surface area contributed by atoms with Crippen LogP contribution in [0.25, 0.3) is 0 Å². The molecule has 0 aliphatic rings. The van der Waals surface area contributed by atoms with Crippen molar-refractivity contribution in [2.24, 2.45) is 0 Å². The third kappa shape index (κ3) is 3.14. The van der Waals surface area contributed by atoms with Crippen LogP contribution >= 0.6 is 11.6 Å². The summed E-state index contributed by atoms with van der Waals surface area (Å²) in [6.07, 6.45) is 0. The topological polar surface area (TPSA) is 64.4 Å². The lowest BCUT2D eigenvalue weighted by Gasteiger charge is -2.07. The lowest BCUT2D eigenvalue weighted by molar-refractivity contribution is -0.386. The van der Waals surface area contributed by atoms with Gasteiger partial charge >= 0.3 is 5.69 Å². The Kier molecular flexibility index (Phi) is 3.51. The Labute approximate surface area is 91.4 Å². The smallest absolute Gasteiger partial charge is 0.315 e. The van der Waals surface area contributed by atoms with Crippen LogP contribution in [-0.2, 0) is 0 Å². The number of nitro groups is 1. The summed E-state index contributed by atoms with van der Waals surface area (Å²) in [5, 5.41) is 10.9. The molecule has 15 heavy (non-hydrogen) atoms. The first-order valence-corrected chi connectivity index (χ1v) is 4.41. The molecule has 0 saturated heterocycles. The molecule has 0 fully saturated rings. The lowest BCUT2D eigenvalue weighted by Crippen LogP contribution is -2.15. The fraction of sp³-hybridized carbons (Fsp3) is 0.111. The highest BCUT2D eigenvalue weighted by atomic mass is 35.5. The first-order chi connectivity index (χ1) is 7.00. The van der Waals surface area contributed by atoms with Crippen molar-refractivity contribution in [3.8, 4) is 5.75 Å². The van der Waals surface area contributed by atoms with E-state index in [2.05, 4.69) is 12.1 Å². The molecular weight excluding hydrogens is 220 g/mol. The molecule has 0 spiro atoms. The Bertz CT molecular complexity index is 406. The average Bonchev–Trinajstić information content (AvgIpc) is 2.15. The molecule has 0 saturated carbocycles. The normalized spacial score (nSPS) is 9.47. The maximum Gasteiger partial charge on any atom is 0.315 e. The van der Waals surface area contributed by atoms with Gasteiger partial charge in [0.25, 0.3) is 0 Å². The maximum absolute atomic E-state index is 10.6. The van der Waals surface area contributed by atoms with Gasteiger partial charge < -0.3 is 4.84 Å². The summed E-state index contributed by atoms with van der Waals surface area (Å²) in [4.78, 5) is 15.0. The summed E-state index contributed by atoms with van der Waals surface area (Å²) in [5.74, 6) is 0.0902. The van der Waals surface area contributed by atoms with E-state index in [9.17, 15) is 10.1 Å². The number of hydrogen-bond donors (Lipinski definition) is 1. The van der Waals surface area contributed by atoms with E-state index in [1.165, 1.54) is 18.2 Å². The van der Waals surface area contributed by atoms with Crippen molar-refractivity contribution in [3.05, 3.63) is 45.6 Å². The minimum absolute atomic E-state index is 0.0902. The van der Waals surface area contributed by atoms with Crippen molar-refractivity contribution < 1.29 is 9.76 Å². The van der Waals surface area contributed by atoms with E-state index in [-0.39, 0.29) is 16.5 Å². The summed E-state index contributed by atoms with van der Waals surface area (Å²) in [5.41, 5.74) is 2.78. The third-order valence-electron chi connectivity index (χ3n) is 1.45. The first-order valence-electron chi connectivity index (χ1n) is 4.03. The molecule has 0 aliphatic heterocycles. The zero-order valence-corrected chi connectivity index (χ0v) is 8.75.